The van der Waals surface area contributed by atoms with Crippen LogP contribution in [0.15, 0.2) is 17.0 Å². The van der Waals surface area contributed by atoms with E-state index >= 15 is 0 Å². The fraction of sp³-hybridized carbons (Fsp3) is 0.667. The third-order valence-electron chi connectivity index (χ3n) is 1.95. The first-order valence-electron chi connectivity index (χ1n) is 4.79. The summed E-state index contributed by atoms with van der Waals surface area (Å²) in [5.41, 5.74) is 12.3. The number of thiocarbonyl (C=S) groups is 1. The van der Waals surface area contributed by atoms with Gasteiger partial charge in [-0.25, -0.2) is 5.53 Å². The molecule has 0 saturated carbocycles. The third kappa shape index (κ3) is 4.85. The topological polar surface area (TPSA) is 86.3 Å². The van der Waals surface area contributed by atoms with Crippen molar-refractivity contribution in [2.24, 2.45) is 10.8 Å². The Hall–Kier alpha value is -1.01. The van der Waals surface area contributed by atoms with E-state index in [1.54, 1.807) is 0 Å². The number of hydrogen-bond acceptors (Lipinski definition) is 5. The number of nitrogens with two attached hydrogens (primary N) is 1. The van der Waals surface area contributed by atoms with Crippen LogP contribution in [0.4, 0.5) is 0 Å². The van der Waals surface area contributed by atoms with Gasteiger partial charge in [0.05, 0.1) is 16.2 Å². The van der Waals surface area contributed by atoms with Crippen molar-refractivity contribution in [3.63, 3.8) is 0 Å². The predicted octanol–water partition coefficient (Wildman–Crippen LogP) is 1.12. The van der Waals surface area contributed by atoms with Gasteiger partial charge in [0.2, 0.25) is 0 Å². The van der Waals surface area contributed by atoms with Gasteiger partial charge in [0.1, 0.15) is 0 Å². The maximum Gasteiger partial charge on any atom is 0.0952 e. The van der Waals surface area contributed by atoms with Gasteiger partial charge in [-0.05, 0) is 20.8 Å². The maximum absolute atomic E-state index is 6.84. The summed E-state index contributed by atoms with van der Waals surface area (Å²) in [7, 11) is 0. The highest BCUT2D eigenvalue weighted by molar-refractivity contribution is 7.80. The summed E-state index contributed by atoms with van der Waals surface area (Å²) in [5, 5.41) is 9.54. The van der Waals surface area contributed by atoms with Gasteiger partial charge in [-0.1, -0.05) is 12.2 Å². The van der Waals surface area contributed by atoms with Crippen LogP contribution in [0.3, 0.4) is 0 Å². The van der Waals surface area contributed by atoms with Crippen molar-refractivity contribution in [1.29, 1.82) is 5.53 Å². The van der Waals surface area contributed by atoms with E-state index in [0.29, 0.717) is 12.2 Å². The zero-order valence-electron chi connectivity index (χ0n) is 9.42. The van der Waals surface area contributed by atoms with E-state index in [-0.39, 0.29) is 5.54 Å². The van der Waals surface area contributed by atoms with E-state index in [9.17, 15) is 0 Å². The molecule has 0 fully saturated rings. The van der Waals surface area contributed by atoms with Crippen LogP contribution in [0.2, 0.25) is 0 Å². The zero-order chi connectivity index (χ0) is 11.9. The van der Waals surface area contributed by atoms with E-state index < -0.39 is 0 Å². The predicted molar refractivity (Wildman–Crippen MR) is 65.8 cm³/mol. The molecule has 0 rings (SSSR count). The largest absolute Gasteiger partial charge is 0.403 e. The van der Waals surface area contributed by atoms with Crippen molar-refractivity contribution in [2.45, 2.75) is 26.3 Å². The van der Waals surface area contributed by atoms with Crippen molar-refractivity contribution >= 4 is 17.2 Å². The fourth-order valence-electron chi connectivity index (χ4n) is 0.909. The Labute approximate surface area is 96.0 Å². The average Bonchev–Trinajstić information content (AvgIpc) is 2.19. The highest BCUT2D eigenvalue weighted by Crippen LogP contribution is 2.05. The summed E-state index contributed by atoms with van der Waals surface area (Å²) >= 11 is 5.21. The second kappa shape index (κ2) is 6.47. The van der Waals surface area contributed by atoms with Gasteiger partial charge in [-0.15, -0.1) is 0 Å². The van der Waals surface area contributed by atoms with Gasteiger partial charge >= 0.3 is 0 Å². The van der Waals surface area contributed by atoms with Crippen LogP contribution in [-0.4, -0.2) is 23.6 Å². The molecule has 0 aromatic heterocycles. The normalized spacial score (nSPS) is 12.3. The molecule has 0 aliphatic rings. The number of nitrogens with one attached hydrogen (secondary N) is 3. The maximum atomic E-state index is 6.84. The minimum absolute atomic E-state index is 0.329. The fourth-order valence-corrected chi connectivity index (χ4v) is 1.13. The van der Waals surface area contributed by atoms with Crippen molar-refractivity contribution in [2.75, 3.05) is 13.1 Å². The molecule has 0 spiro atoms. The van der Waals surface area contributed by atoms with Crippen LogP contribution in [0.5, 0.6) is 0 Å². The Kier molecular flexibility index (Phi) is 6.03. The Bertz CT molecular complexity index is 259. The minimum Gasteiger partial charge on any atom is -0.403 e. The number of nitrogens with zero attached hydrogens (tertiary/aromatic N) is 1. The summed E-state index contributed by atoms with van der Waals surface area (Å²) in [4.78, 5) is 0.742. The van der Waals surface area contributed by atoms with Gasteiger partial charge in [-0.3, -0.25) is 0 Å². The van der Waals surface area contributed by atoms with Crippen molar-refractivity contribution in [3.05, 3.63) is 11.9 Å². The van der Waals surface area contributed by atoms with Gasteiger partial charge in [0, 0.05) is 19.3 Å². The number of hydrogen-bond donors (Lipinski definition) is 4. The Morgan fingerprint density at radius 2 is 2.20 bits per heavy atom. The molecular formula is C9H19N5S. The average molecular weight is 229 g/mol. The summed E-state index contributed by atoms with van der Waals surface area (Å²) in [6.45, 7) is 7.16. The van der Waals surface area contributed by atoms with E-state index in [1.165, 1.54) is 6.20 Å². The van der Waals surface area contributed by atoms with Crippen LogP contribution in [0.1, 0.15) is 20.8 Å². The molecule has 0 saturated heterocycles. The SMILES string of the molecule is CCNC(=S)C(C)(C)NC/C(=C/N)N=N. The van der Waals surface area contributed by atoms with Crippen LogP contribution in [0.25, 0.3) is 0 Å². The molecule has 6 heteroatoms. The van der Waals surface area contributed by atoms with E-state index in [1.807, 2.05) is 20.8 Å². The summed E-state index contributed by atoms with van der Waals surface area (Å²) in [5.74, 6) is 0. The van der Waals surface area contributed by atoms with E-state index in [2.05, 4.69) is 15.7 Å². The van der Waals surface area contributed by atoms with E-state index in [4.69, 9.17) is 23.5 Å². The molecule has 5 nitrogen and oxygen atoms in total. The lowest BCUT2D eigenvalue weighted by Gasteiger charge is -2.27. The molecule has 0 aromatic carbocycles. The first kappa shape index (κ1) is 14.0. The minimum atomic E-state index is -0.329. The van der Waals surface area contributed by atoms with Gasteiger partial charge in [0.15, 0.2) is 0 Å². The van der Waals surface area contributed by atoms with Crippen molar-refractivity contribution in [3.8, 4) is 0 Å². The molecule has 0 bridgehead atoms. The van der Waals surface area contributed by atoms with Crippen molar-refractivity contribution in [1.82, 2.24) is 10.6 Å². The molecule has 86 valence electrons. The third-order valence-corrected chi connectivity index (χ3v) is 2.61. The second-order valence-electron chi connectivity index (χ2n) is 3.61. The standard InChI is InChI=1S/C9H19N5S/c1-4-12-8(15)9(2,3)13-6-7(5-10)14-11/h5,11,13H,4,6,10H2,1-3H3,(H,12,15)/b7-5-,14-11?. The first-order valence-corrected chi connectivity index (χ1v) is 5.20. The van der Waals surface area contributed by atoms with Gasteiger partial charge < -0.3 is 16.4 Å². The molecule has 0 atom stereocenters. The monoisotopic (exact) mass is 229 g/mol. The summed E-state index contributed by atoms with van der Waals surface area (Å²) in [6, 6.07) is 0. The highest BCUT2D eigenvalue weighted by atomic mass is 32.1. The molecule has 0 amide bonds. The molecule has 15 heavy (non-hydrogen) atoms. The first-order chi connectivity index (χ1) is 6.97. The Morgan fingerprint density at radius 3 is 2.60 bits per heavy atom. The highest BCUT2D eigenvalue weighted by Gasteiger charge is 2.22. The lowest BCUT2D eigenvalue weighted by atomic mass is 10.1. The van der Waals surface area contributed by atoms with Crippen LogP contribution in [0, 0.1) is 5.53 Å². The molecule has 0 heterocycles. The molecule has 5 N–H and O–H groups in total. The number of likely N-dealkylation sites (N-methyl/N-ethyl adjacent to an activating group) is 1. The summed E-state index contributed by atoms with van der Waals surface area (Å²) < 4.78 is 0. The van der Waals surface area contributed by atoms with E-state index in [0.717, 1.165) is 11.5 Å². The van der Waals surface area contributed by atoms with Crippen LogP contribution in [-0.2, 0) is 0 Å². The van der Waals surface area contributed by atoms with Crippen LogP contribution >= 0.6 is 12.2 Å². The quantitative estimate of drug-likeness (QED) is 0.406. The van der Waals surface area contributed by atoms with Crippen molar-refractivity contribution < 1.29 is 0 Å². The van der Waals surface area contributed by atoms with Gasteiger partial charge in [0.25, 0.3) is 0 Å². The molecule has 0 radical (unpaired) electrons. The molecule has 0 unspecified atom stereocenters. The lowest BCUT2D eigenvalue weighted by Crippen LogP contribution is -2.52. The zero-order valence-corrected chi connectivity index (χ0v) is 10.2. The summed E-state index contributed by atoms with van der Waals surface area (Å²) in [6.07, 6.45) is 1.31. The Morgan fingerprint density at radius 1 is 1.60 bits per heavy atom. The smallest absolute Gasteiger partial charge is 0.0952 e. The molecule has 0 aliphatic heterocycles. The molecule has 0 aromatic rings. The molecular weight excluding hydrogens is 210 g/mol. The Balaban J connectivity index is 4.25. The lowest BCUT2D eigenvalue weighted by molar-refractivity contribution is 0.519. The van der Waals surface area contributed by atoms with Gasteiger partial charge in [-0.2, -0.15) is 5.11 Å². The number of rotatable bonds is 6. The second-order valence-corrected chi connectivity index (χ2v) is 4.02. The molecule has 0 aliphatic carbocycles. The van der Waals surface area contributed by atoms with Crippen LogP contribution < -0.4 is 16.4 Å².